The van der Waals surface area contributed by atoms with Gasteiger partial charge in [0.2, 0.25) is 0 Å². The van der Waals surface area contributed by atoms with Gasteiger partial charge in [0.05, 0.1) is 5.60 Å². The van der Waals surface area contributed by atoms with Gasteiger partial charge in [0.15, 0.2) is 0 Å². The maximum Gasteiger partial charge on any atom is 0.126 e. The van der Waals surface area contributed by atoms with Crippen LogP contribution in [0.25, 0.3) is 0 Å². The van der Waals surface area contributed by atoms with E-state index in [1.165, 1.54) is 6.07 Å². The Labute approximate surface area is 114 Å². The second kappa shape index (κ2) is 5.21. The second-order valence-corrected chi connectivity index (χ2v) is 5.46. The Bertz CT molecular complexity index is 534. The van der Waals surface area contributed by atoms with Crippen molar-refractivity contribution in [1.29, 1.82) is 0 Å². The fourth-order valence-corrected chi connectivity index (χ4v) is 2.19. The average Bonchev–Trinajstić information content (AvgIpc) is 2.32. The highest BCUT2D eigenvalue weighted by Crippen LogP contribution is 2.27. The summed E-state index contributed by atoms with van der Waals surface area (Å²) in [4.78, 5) is 0. The standard InChI is InChI=1S/C15H14BrFO/c1-15(18,12-6-8-13(16)9-7-12)10-11-4-2-3-5-14(11)17/h2-9,18H,10H2,1H3. The van der Waals surface area contributed by atoms with Gasteiger partial charge in [-0.3, -0.25) is 0 Å². The summed E-state index contributed by atoms with van der Waals surface area (Å²) in [6, 6.07) is 13.9. The zero-order chi connectivity index (χ0) is 13.2. The van der Waals surface area contributed by atoms with Crippen LogP contribution in [0.3, 0.4) is 0 Å². The zero-order valence-electron chi connectivity index (χ0n) is 10.0. The number of aliphatic hydroxyl groups is 1. The summed E-state index contributed by atoms with van der Waals surface area (Å²) in [6.45, 7) is 1.70. The molecular weight excluding hydrogens is 295 g/mol. The van der Waals surface area contributed by atoms with E-state index in [1.54, 1.807) is 25.1 Å². The van der Waals surface area contributed by atoms with E-state index in [0.29, 0.717) is 5.56 Å². The van der Waals surface area contributed by atoms with Crippen molar-refractivity contribution in [2.24, 2.45) is 0 Å². The molecule has 0 bridgehead atoms. The van der Waals surface area contributed by atoms with Crippen LogP contribution in [0.1, 0.15) is 18.1 Å². The third kappa shape index (κ3) is 2.98. The van der Waals surface area contributed by atoms with Crippen LogP contribution >= 0.6 is 15.9 Å². The van der Waals surface area contributed by atoms with Crippen molar-refractivity contribution in [3.05, 3.63) is 69.9 Å². The molecule has 0 aliphatic heterocycles. The van der Waals surface area contributed by atoms with Gasteiger partial charge in [-0.15, -0.1) is 0 Å². The maximum atomic E-state index is 13.6. The summed E-state index contributed by atoms with van der Waals surface area (Å²) in [5, 5.41) is 10.5. The van der Waals surface area contributed by atoms with E-state index in [-0.39, 0.29) is 12.2 Å². The third-order valence-corrected chi connectivity index (χ3v) is 3.49. The molecule has 2 rings (SSSR count). The summed E-state index contributed by atoms with van der Waals surface area (Å²) in [7, 11) is 0. The van der Waals surface area contributed by atoms with E-state index in [4.69, 9.17) is 0 Å². The summed E-state index contributed by atoms with van der Waals surface area (Å²) in [5.41, 5.74) is 0.211. The minimum atomic E-state index is -1.08. The van der Waals surface area contributed by atoms with Crippen molar-refractivity contribution >= 4 is 15.9 Å². The number of rotatable bonds is 3. The van der Waals surface area contributed by atoms with Gasteiger partial charge in [0.25, 0.3) is 0 Å². The van der Waals surface area contributed by atoms with E-state index in [0.717, 1.165) is 10.0 Å². The molecule has 0 aliphatic rings. The Morgan fingerprint density at radius 1 is 1.11 bits per heavy atom. The molecule has 2 aromatic carbocycles. The maximum absolute atomic E-state index is 13.6. The van der Waals surface area contributed by atoms with Crippen molar-refractivity contribution in [1.82, 2.24) is 0 Å². The van der Waals surface area contributed by atoms with Crippen LogP contribution in [0.5, 0.6) is 0 Å². The lowest BCUT2D eigenvalue weighted by molar-refractivity contribution is 0.0567. The molecule has 1 atom stereocenters. The minimum Gasteiger partial charge on any atom is -0.385 e. The zero-order valence-corrected chi connectivity index (χ0v) is 11.6. The van der Waals surface area contributed by atoms with Crippen LogP contribution in [0, 0.1) is 5.82 Å². The van der Waals surface area contributed by atoms with Crippen LogP contribution in [0.2, 0.25) is 0 Å². The molecule has 94 valence electrons. The van der Waals surface area contributed by atoms with E-state index in [2.05, 4.69) is 15.9 Å². The molecule has 1 unspecified atom stereocenters. The van der Waals surface area contributed by atoms with E-state index < -0.39 is 5.60 Å². The number of halogens is 2. The fraction of sp³-hybridized carbons (Fsp3) is 0.200. The first kappa shape index (κ1) is 13.2. The minimum absolute atomic E-state index is 0.251. The summed E-state index contributed by atoms with van der Waals surface area (Å²) >= 11 is 3.35. The molecule has 0 amide bonds. The van der Waals surface area contributed by atoms with Crippen molar-refractivity contribution in [2.75, 3.05) is 0 Å². The van der Waals surface area contributed by atoms with Gasteiger partial charge in [-0.1, -0.05) is 46.3 Å². The molecule has 0 aliphatic carbocycles. The smallest absolute Gasteiger partial charge is 0.126 e. The Morgan fingerprint density at radius 2 is 1.72 bits per heavy atom. The topological polar surface area (TPSA) is 20.2 Å². The quantitative estimate of drug-likeness (QED) is 0.907. The summed E-state index contributed by atoms with van der Waals surface area (Å²) in [6.07, 6.45) is 0.251. The Kier molecular flexibility index (Phi) is 3.83. The van der Waals surface area contributed by atoms with Crippen molar-refractivity contribution in [3.63, 3.8) is 0 Å². The molecular formula is C15H14BrFO. The Balaban J connectivity index is 2.27. The number of hydrogen-bond acceptors (Lipinski definition) is 1. The molecule has 2 aromatic rings. The molecule has 0 spiro atoms. The van der Waals surface area contributed by atoms with Crippen molar-refractivity contribution in [2.45, 2.75) is 18.9 Å². The SMILES string of the molecule is CC(O)(Cc1ccccc1F)c1ccc(Br)cc1. The normalized spacial score (nSPS) is 14.2. The van der Waals surface area contributed by atoms with E-state index in [9.17, 15) is 9.50 Å². The Hall–Kier alpha value is -1.19. The van der Waals surface area contributed by atoms with Crippen LogP contribution in [-0.4, -0.2) is 5.11 Å². The fourth-order valence-electron chi connectivity index (χ4n) is 1.92. The number of benzene rings is 2. The predicted molar refractivity (Wildman–Crippen MR) is 73.8 cm³/mol. The lowest BCUT2D eigenvalue weighted by Crippen LogP contribution is -2.24. The van der Waals surface area contributed by atoms with Crippen LogP contribution in [0.15, 0.2) is 53.0 Å². The largest absolute Gasteiger partial charge is 0.385 e. The summed E-state index contributed by atoms with van der Waals surface area (Å²) < 4.78 is 14.5. The van der Waals surface area contributed by atoms with E-state index >= 15 is 0 Å². The van der Waals surface area contributed by atoms with Crippen molar-refractivity contribution < 1.29 is 9.50 Å². The molecule has 18 heavy (non-hydrogen) atoms. The molecule has 3 heteroatoms. The lowest BCUT2D eigenvalue weighted by Gasteiger charge is -2.24. The average molecular weight is 309 g/mol. The van der Waals surface area contributed by atoms with Crippen LogP contribution in [-0.2, 0) is 12.0 Å². The predicted octanol–water partition coefficient (Wildman–Crippen LogP) is 4.04. The van der Waals surface area contributed by atoms with E-state index in [1.807, 2.05) is 24.3 Å². The first-order valence-corrected chi connectivity index (χ1v) is 6.50. The molecule has 0 radical (unpaired) electrons. The molecule has 0 aromatic heterocycles. The second-order valence-electron chi connectivity index (χ2n) is 4.55. The van der Waals surface area contributed by atoms with Crippen molar-refractivity contribution in [3.8, 4) is 0 Å². The van der Waals surface area contributed by atoms with Gasteiger partial charge < -0.3 is 5.11 Å². The first-order chi connectivity index (χ1) is 8.49. The Morgan fingerprint density at radius 3 is 2.33 bits per heavy atom. The lowest BCUT2D eigenvalue weighted by atomic mass is 9.89. The first-order valence-electron chi connectivity index (χ1n) is 5.71. The highest BCUT2D eigenvalue weighted by molar-refractivity contribution is 9.10. The number of hydrogen-bond donors (Lipinski definition) is 1. The molecule has 1 N–H and O–H groups in total. The van der Waals surface area contributed by atoms with Gasteiger partial charge in [-0.05, 0) is 36.2 Å². The van der Waals surface area contributed by atoms with Crippen LogP contribution in [0.4, 0.5) is 4.39 Å². The van der Waals surface area contributed by atoms with Gasteiger partial charge in [-0.25, -0.2) is 4.39 Å². The molecule has 0 saturated carbocycles. The third-order valence-electron chi connectivity index (χ3n) is 2.96. The molecule has 1 nitrogen and oxygen atoms in total. The van der Waals surface area contributed by atoms with Gasteiger partial charge >= 0.3 is 0 Å². The summed E-state index contributed by atoms with van der Waals surface area (Å²) in [5.74, 6) is -0.283. The van der Waals surface area contributed by atoms with Gasteiger partial charge in [0, 0.05) is 10.9 Å². The highest BCUT2D eigenvalue weighted by Gasteiger charge is 2.24. The monoisotopic (exact) mass is 308 g/mol. The highest BCUT2D eigenvalue weighted by atomic mass is 79.9. The molecule has 0 saturated heterocycles. The van der Waals surface area contributed by atoms with Gasteiger partial charge in [-0.2, -0.15) is 0 Å². The van der Waals surface area contributed by atoms with Gasteiger partial charge in [0.1, 0.15) is 5.82 Å². The molecule has 0 fully saturated rings. The molecule has 0 heterocycles. The van der Waals surface area contributed by atoms with Crippen LogP contribution < -0.4 is 0 Å².